The van der Waals surface area contributed by atoms with Crippen LogP contribution in [0.4, 0.5) is 0 Å². The minimum atomic E-state index is -1.53. The van der Waals surface area contributed by atoms with Crippen LogP contribution in [-0.2, 0) is 11.3 Å². The van der Waals surface area contributed by atoms with Crippen molar-refractivity contribution in [1.82, 2.24) is 4.90 Å². The molecule has 3 atom stereocenters. The molecule has 1 amide bonds. The van der Waals surface area contributed by atoms with Gasteiger partial charge in [0.1, 0.15) is 0 Å². The zero-order chi connectivity index (χ0) is 15.3. The number of rotatable bonds is 2. The second-order valence-electron chi connectivity index (χ2n) is 6.17. The van der Waals surface area contributed by atoms with Gasteiger partial charge in [0, 0.05) is 18.5 Å². The number of likely N-dealkylation sites (tertiary alicyclic amines) is 1. The summed E-state index contributed by atoms with van der Waals surface area (Å²) in [6, 6.07) is 9.80. The molecule has 1 aliphatic heterocycles. The second-order valence-corrected chi connectivity index (χ2v) is 7.65. The maximum Gasteiger partial charge on any atom is 0.257 e. The summed E-state index contributed by atoms with van der Waals surface area (Å²) in [5.41, 5.74) is -1.05. The Hall–Kier alpha value is -0.840. The molecule has 3 nitrogen and oxygen atoms in total. The number of nitrogens with zero attached hydrogens (tertiary/aromatic N) is 1. The van der Waals surface area contributed by atoms with Crippen LogP contribution in [0.3, 0.4) is 0 Å². The van der Waals surface area contributed by atoms with E-state index in [1.165, 1.54) is 0 Å². The van der Waals surface area contributed by atoms with Gasteiger partial charge < -0.3 is 10.0 Å². The summed E-state index contributed by atoms with van der Waals surface area (Å²) in [6.07, 6.45) is 2.34. The van der Waals surface area contributed by atoms with Gasteiger partial charge in [0.25, 0.3) is 5.91 Å². The Morgan fingerprint density at radius 3 is 2.76 bits per heavy atom. The zero-order valence-corrected chi connectivity index (χ0v) is 14.1. The van der Waals surface area contributed by atoms with Crippen molar-refractivity contribution >= 4 is 33.4 Å². The number of benzene rings is 1. The lowest BCUT2D eigenvalue weighted by molar-refractivity contribution is -0.149. The highest BCUT2D eigenvalue weighted by atomic mass is 79.9. The fourth-order valence-corrected chi connectivity index (χ4v) is 4.94. The number of fused-ring (bicyclic) bond motifs is 1. The summed E-state index contributed by atoms with van der Waals surface area (Å²) in [6.45, 7) is 2.93. The molecule has 0 aromatic heterocycles. The molecule has 0 unspecified atom stereocenters. The molecule has 0 saturated carbocycles. The molecular weight excluding hydrogens is 354 g/mol. The van der Waals surface area contributed by atoms with Crippen LogP contribution in [0, 0.1) is 5.41 Å². The number of hydrogen-bond donors (Lipinski definition) is 1. The molecule has 1 aliphatic carbocycles. The van der Waals surface area contributed by atoms with E-state index < -0.39 is 16.4 Å². The molecule has 1 fully saturated rings. The highest BCUT2D eigenvalue weighted by Crippen LogP contribution is 2.52. The molecule has 1 heterocycles. The van der Waals surface area contributed by atoms with Crippen LogP contribution < -0.4 is 0 Å². The lowest BCUT2D eigenvalue weighted by Crippen LogP contribution is -2.56. The quantitative estimate of drug-likeness (QED) is 0.813. The van der Waals surface area contributed by atoms with E-state index in [4.69, 9.17) is 11.6 Å². The topological polar surface area (TPSA) is 40.5 Å². The molecule has 1 saturated heterocycles. The molecule has 5 heteroatoms. The maximum atomic E-state index is 12.7. The van der Waals surface area contributed by atoms with Crippen molar-refractivity contribution in [3.63, 3.8) is 0 Å². The lowest BCUT2D eigenvalue weighted by Gasteiger charge is -2.41. The summed E-state index contributed by atoms with van der Waals surface area (Å²) >= 11 is 9.77. The average molecular weight is 371 g/mol. The van der Waals surface area contributed by atoms with Gasteiger partial charge in [-0.05, 0) is 16.5 Å². The third-order valence-corrected chi connectivity index (χ3v) is 5.56. The Morgan fingerprint density at radius 2 is 2.10 bits per heavy atom. The molecule has 1 N–H and O–H groups in total. The Morgan fingerprint density at radius 1 is 1.43 bits per heavy atom. The van der Waals surface area contributed by atoms with E-state index in [1.54, 1.807) is 11.0 Å². The van der Waals surface area contributed by atoms with Crippen molar-refractivity contribution in [2.75, 3.05) is 6.54 Å². The average Bonchev–Trinajstić information content (AvgIpc) is 2.62. The standard InChI is InChI=1S/C16H17BrClNO2/c1-15-8-12(17)7-13(18)16(15,21)14(20)19(10-15)9-11-5-3-2-4-6-11/h2-7,13,21H,8-10H2,1H3/t13-,15-,16+/m1/s1. The molecule has 1 aromatic rings. The van der Waals surface area contributed by atoms with Crippen molar-refractivity contribution in [2.24, 2.45) is 5.41 Å². The number of carbonyl (C=O) groups excluding carboxylic acids is 1. The fourth-order valence-electron chi connectivity index (χ4n) is 3.40. The first kappa shape index (κ1) is 15.1. The largest absolute Gasteiger partial charge is 0.378 e. The van der Waals surface area contributed by atoms with E-state index in [-0.39, 0.29) is 5.91 Å². The summed E-state index contributed by atoms with van der Waals surface area (Å²) in [4.78, 5) is 14.4. The van der Waals surface area contributed by atoms with E-state index in [2.05, 4.69) is 15.9 Å². The molecule has 3 rings (SSSR count). The fraction of sp³-hybridized carbons (Fsp3) is 0.438. The number of carbonyl (C=O) groups is 1. The molecule has 112 valence electrons. The van der Waals surface area contributed by atoms with Gasteiger partial charge in [-0.1, -0.05) is 59.3 Å². The number of hydrogen-bond acceptors (Lipinski definition) is 2. The van der Waals surface area contributed by atoms with Gasteiger partial charge in [-0.15, -0.1) is 11.6 Å². The maximum absolute atomic E-state index is 12.7. The summed E-state index contributed by atoms with van der Waals surface area (Å²) in [5, 5.41) is 10.3. The predicted octanol–water partition coefficient (Wildman–Crippen LogP) is 3.06. The highest BCUT2D eigenvalue weighted by molar-refractivity contribution is 9.11. The van der Waals surface area contributed by atoms with Gasteiger partial charge in [0.05, 0.1) is 5.38 Å². The van der Waals surface area contributed by atoms with Crippen LogP contribution in [-0.4, -0.2) is 33.4 Å². The van der Waals surface area contributed by atoms with Gasteiger partial charge in [0.15, 0.2) is 5.60 Å². The molecule has 1 aromatic carbocycles. The minimum absolute atomic E-state index is 0.273. The number of amides is 1. The van der Waals surface area contributed by atoms with Crippen LogP contribution in [0.5, 0.6) is 0 Å². The van der Waals surface area contributed by atoms with Crippen molar-refractivity contribution in [1.29, 1.82) is 0 Å². The van der Waals surface area contributed by atoms with Gasteiger partial charge in [-0.3, -0.25) is 4.79 Å². The second kappa shape index (κ2) is 5.11. The van der Waals surface area contributed by atoms with Crippen molar-refractivity contribution < 1.29 is 9.90 Å². The van der Waals surface area contributed by atoms with Crippen LogP contribution in [0.15, 0.2) is 40.9 Å². The smallest absolute Gasteiger partial charge is 0.257 e. The monoisotopic (exact) mass is 369 g/mol. The van der Waals surface area contributed by atoms with Gasteiger partial charge in [-0.2, -0.15) is 0 Å². The zero-order valence-electron chi connectivity index (χ0n) is 11.7. The van der Waals surface area contributed by atoms with Gasteiger partial charge in [0.2, 0.25) is 0 Å². The minimum Gasteiger partial charge on any atom is -0.378 e. The van der Waals surface area contributed by atoms with Crippen LogP contribution >= 0.6 is 27.5 Å². The number of allylic oxidation sites excluding steroid dienone is 1. The Kier molecular flexibility index (Phi) is 3.67. The Labute approximate surface area is 137 Å². The highest BCUT2D eigenvalue weighted by Gasteiger charge is 2.65. The Balaban J connectivity index is 1.91. The Bertz CT molecular complexity index is 606. The van der Waals surface area contributed by atoms with Crippen molar-refractivity contribution in [3.8, 4) is 0 Å². The van der Waals surface area contributed by atoms with Crippen molar-refractivity contribution in [2.45, 2.75) is 30.9 Å². The number of aliphatic hydroxyl groups is 1. The first-order valence-corrected chi connectivity index (χ1v) is 8.16. The van der Waals surface area contributed by atoms with E-state index in [9.17, 15) is 9.90 Å². The molecular formula is C16H17BrClNO2. The van der Waals surface area contributed by atoms with E-state index in [0.29, 0.717) is 19.5 Å². The summed E-state index contributed by atoms with van der Waals surface area (Å²) in [7, 11) is 0. The first-order valence-electron chi connectivity index (χ1n) is 6.93. The van der Waals surface area contributed by atoms with E-state index in [1.807, 2.05) is 37.3 Å². The molecule has 0 bridgehead atoms. The summed E-state index contributed by atoms with van der Waals surface area (Å²) < 4.78 is 0.948. The van der Waals surface area contributed by atoms with Crippen molar-refractivity contribution in [3.05, 3.63) is 46.5 Å². The van der Waals surface area contributed by atoms with Gasteiger partial charge in [-0.25, -0.2) is 0 Å². The molecule has 0 spiro atoms. The molecule has 0 radical (unpaired) electrons. The lowest BCUT2D eigenvalue weighted by atomic mass is 9.68. The number of halogens is 2. The summed E-state index contributed by atoms with van der Waals surface area (Å²) in [5.74, 6) is -0.273. The van der Waals surface area contributed by atoms with E-state index in [0.717, 1.165) is 10.0 Å². The van der Waals surface area contributed by atoms with Crippen LogP contribution in [0.2, 0.25) is 0 Å². The van der Waals surface area contributed by atoms with Crippen LogP contribution in [0.1, 0.15) is 18.9 Å². The van der Waals surface area contributed by atoms with E-state index >= 15 is 0 Å². The number of alkyl halides is 1. The predicted molar refractivity (Wildman–Crippen MR) is 86.2 cm³/mol. The SMILES string of the molecule is C[C@]12CC(Br)=C[C@@H](Cl)[C@]1(O)C(=O)N(Cc1ccccc1)C2. The van der Waals surface area contributed by atoms with Gasteiger partial charge >= 0.3 is 0 Å². The first-order chi connectivity index (χ1) is 9.87. The third-order valence-electron chi connectivity index (χ3n) is 4.57. The normalized spacial score (nSPS) is 35.6. The molecule has 21 heavy (non-hydrogen) atoms. The van der Waals surface area contributed by atoms with Crippen LogP contribution in [0.25, 0.3) is 0 Å². The molecule has 2 aliphatic rings. The third kappa shape index (κ3) is 2.24.